The van der Waals surface area contributed by atoms with Gasteiger partial charge in [-0.3, -0.25) is 0 Å². The van der Waals surface area contributed by atoms with Crippen molar-refractivity contribution in [1.82, 2.24) is 9.88 Å². The van der Waals surface area contributed by atoms with Crippen LogP contribution < -0.4 is 0 Å². The van der Waals surface area contributed by atoms with Crippen molar-refractivity contribution in [2.75, 3.05) is 19.6 Å². The summed E-state index contributed by atoms with van der Waals surface area (Å²) in [7, 11) is 0. The van der Waals surface area contributed by atoms with Gasteiger partial charge in [-0.25, -0.2) is 4.98 Å². The molecule has 0 aliphatic carbocycles. The van der Waals surface area contributed by atoms with Crippen LogP contribution in [0.4, 0.5) is 0 Å². The Labute approximate surface area is 94.8 Å². The minimum absolute atomic E-state index is 0.128. The van der Waals surface area contributed by atoms with E-state index in [0.29, 0.717) is 0 Å². The van der Waals surface area contributed by atoms with Crippen LogP contribution in [0.2, 0.25) is 0 Å². The number of thiazole rings is 1. The molecule has 0 aromatic carbocycles. The molecule has 1 aromatic heterocycles. The van der Waals surface area contributed by atoms with E-state index in [0.717, 1.165) is 23.8 Å². The minimum atomic E-state index is 0.128. The highest BCUT2D eigenvalue weighted by Gasteiger charge is 2.22. The van der Waals surface area contributed by atoms with Crippen molar-refractivity contribution >= 4 is 11.3 Å². The van der Waals surface area contributed by atoms with E-state index >= 15 is 0 Å². The Kier molecular flexibility index (Phi) is 3.72. The summed E-state index contributed by atoms with van der Waals surface area (Å²) in [6.07, 6.45) is 4.18. The monoisotopic (exact) mass is 226 g/mol. The molecule has 4 heteroatoms. The zero-order valence-electron chi connectivity index (χ0n) is 9.15. The molecule has 0 saturated carbocycles. The van der Waals surface area contributed by atoms with Gasteiger partial charge in [0.2, 0.25) is 0 Å². The van der Waals surface area contributed by atoms with Gasteiger partial charge in [0.25, 0.3) is 0 Å². The molecular weight excluding hydrogens is 208 g/mol. The van der Waals surface area contributed by atoms with Crippen molar-refractivity contribution in [2.45, 2.75) is 26.4 Å². The SMILES string of the molecule is CCN1CCC(Cc2ncc(CO)s2)C1. The van der Waals surface area contributed by atoms with Gasteiger partial charge in [0.05, 0.1) is 16.5 Å². The summed E-state index contributed by atoms with van der Waals surface area (Å²) in [5.41, 5.74) is 0. The van der Waals surface area contributed by atoms with Crippen LogP contribution in [0.3, 0.4) is 0 Å². The third-order valence-corrected chi connectivity index (χ3v) is 4.04. The summed E-state index contributed by atoms with van der Waals surface area (Å²) < 4.78 is 0. The second-order valence-corrected chi connectivity index (χ2v) is 5.33. The van der Waals surface area contributed by atoms with Gasteiger partial charge in [-0.1, -0.05) is 6.92 Å². The number of aliphatic hydroxyl groups excluding tert-OH is 1. The summed E-state index contributed by atoms with van der Waals surface area (Å²) >= 11 is 1.65. The zero-order chi connectivity index (χ0) is 10.7. The van der Waals surface area contributed by atoms with Crippen LogP contribution in [0.15, 0.2) is 6.20 Å². The molecule has 15 heavy (non-hydrogen) atoms. The average molecular weight is 226 g/mol. The topological polar surface area (TPSA) is 36.4 Å². The molecule has 0 amide bonds. The third kappa shape index (κ3) is 2.77. The molecule has 1 aromatic rings. The predicted octanol–water partition coefficient (Wildman–Crippen LogP) is 1.52. The molecule has 1 fully saturated rings. The maximum Gasteiger partial charge on any atom is 0.0931 e. The van der Waals surface area contributed by atoms with Crippen molar-refractivity contribution < 1.29 is 5.11 Å². The van der Waals surface area contributed by atoms with Gasteiger partial charge in [-0.05, 0) is 25.4 Å². The van der Waals surface area contributed by atoms with Crippen molar-refractivity contribution in [3.05, 3.63) is 16.1 Å². The summed E-state index contributed by atoms with van der Waals surface area (Å²) in [6.45, 7) is 5.96. The van der Waals surface area contributed by atoms with Crippen LogP contribution in [-0.2, 0) is 13.0 Å². The lowest BCUT2D eigenvalue weighted by molar-refractivity contribution is 0.285. The highest BCUT2D eigenvalue weighted by atomic mass is 32.1. The Bertz CT molecular complexity index is 313. The molecular formula is C11H18N2OS. The first-order chi connectivity index (χ1) is 7.31. The number of nitrogens with zero attached hydrogens (tertiary/aromatic N) is 2. The molecule has 3 nitrogen and oxygen atoms in total. The number of aromatic nitrogens is 1. The van der Waals surface area contributed by atoms with E-state index in [1.165, 1.54) is 24.5 Å². The Hall–Kier alpha value is -0.450. The van der Waals surface area contributed by atoms with Crippen LogP contribution in [0.25, 0.3) is 0 Å². The standard InChI is InChI=1S/C11H18N2OS/c1-2-13-4-3-9(7-13)5-11-12-6-10(8-14)15-11/h6,9,14H,2-5,7-8H2,1H3. The lowest BCUT2D eigenvalue weighted by atomic mass is 10.1. The summed E-state index contributed by atoms with van der Waals surface area (Å²) in [5.74, 6) is 0.766. The highest BCUT2D eigenvalue weighted by molar-refractivity contribution is 7.11. The van der Waals surface area contributed by atoms with Crippen LogP contribution >= 0.6 is 11.3 Å². The molecule has 0 spiro atoms. The van der Waals surface area contributed by atoms with E-state index in [1.54, 1.807) is 17.5 Å². The third-order valence-electron chi connectivity index (χ3n) is 3.04. The van der Waals surface area contributed by atoms with E-state index in [-0.39, 0.29) is 6.61 Å². The predicted molar refractivity (Wildman–Crippen MR) is 62.0 cm³/mol. The lowest BCUT2D eigenvalue weighted by Crippen LogP contribution is -2.20. The Balaban J connectivity index is 1.87. The molecule has 1 aliphatic heterocycles. The maximum atomic E-state index is 8.95. The molecule has 1 N–H and O–H groups in total. The van der Waals surface area contributed by atoms with Gasteiger partial charge in [0.15, 0.2) is 0 Å². The van der Waals surface area contributed by atoms with Gasteiger partial charge >= 0.3 is 0 Å². The molecule has 1 aliphatic rings. The summed E-state index contributed by atoms with van der Waals surface area (Å²) in [6, 6.07) is 0. The van der Waals surface area contributed by atoms with Gasteiger partial charge in [-0.15, -0.1) is 11.3 Å². The first-order valence-electron chi connectivity index (χ1n) is 5.58. The number of likely N-dealkylation sites (tertiary alicyclic amines) is 1. The fourth-order valence-corrected chi connectivity index (χ4v) is 3.03. The fraction of sp³-hybridized carbons (Fsp3) is 0.727. The molecule has 1 atom stereocenters. The Morgan fingerprint density at radius 1 is 1.67 bits per heavy atom. The van der Waals surface area contributed by atoms with Gasteiger partial charge in [0, 0.05) is 19.2 Å². The average Bonchev–Trinajstić information content (AvgIpc) is 2.87. The molecule has 1 unspecified atom stereocenters. The molecule has 1 saturated heterocycles. The summed E-state index contributed by atoms with van der Waals surface area (Å²) in [5, 5.41) is 10.1. The van der Waals surface area contributed by atoms with E-state index in [2.05, 4.69) is 16.8 Å². The smallest absolute Gasteiger partial charge is 0.0931 e. The van der Waals surface area contributed by atoms with E-state index in [9.17, 15) is 0 Å². The van der Waals surface area contributed by atoms with Gasteiger partial charge in [-0.2, -0.15) is 0 Å². The Morgan fingerprint density at radius 2 is 2.53 bits per heavy atom. The van der Waals surface area contributed by atoms with Crippen LogP contribution in [-0.4, -0.2) is 34.6 Å². The first-order valence-corrected chi connectivity index (χ1v) is 6.40. The number of aliphatic hydroxyl groups is 1. The number of hydrogen-bond acceptors (Lipinski definition) is 4. The summed E-state index contributed by atoms with van der Waals surface area (Å²) in [4.78, 5) is 7.81. The molecule has 2 rings (SSSR count). The second-order valence-electron chi connectivity index (χ2n) is 4.13. The second kappa shape index (κ2) is 5.05. The van der Waals surface area contributed by atoms with Crippen LogP contribution in [0.1, 0.15) is 23.2 Å². The largest absolute Gasteiger partial charge is 0.391 e. The van der Waals surface area contributed by atoms with Crippen molar-refractivity contribution in [3.8, 4) is 0 Å². The minimum Gasteiger partial charge on any atom is -0.391 e. The lowest BCUT2D eigenvalue weighted by Gasteiger charge is -2.11. The van der Waals surface area contributed by atoms with Gasteiger partial charge < -0.3 is 10.0 Å². The molecule has 0 radical (unpaired) electrons. The number of hydrogen-bond donors (Lipinski definition) is 1. The Morgan fingerprint density at radius 3 is 3.13 bits per heavy atom. The first kappa shape index (κ1) is 11.0. The van der Waals surface area contributed by atoms with Crippen LogP contribution in [0, 0.1) is 5.92 Å². The van der Waals surface area contributed by atoms with Crippen molar-refractivity contribution in [2.24, 2.45) is 5.92 Å². The highest BCUT2D eigenvalue weighted by Crippen LogP contribution is 2.23. The normalized spacial score (nSPS) is 22.4. The molecule has 2 heterocycles. The molecule has 0 bridgehead atoms. The van der Waals surface area contributed by atoms with Crippen molar-refractivity contribution in [3.63, 3.8) is 0 Å². The maximum absolute atomic E-state index is 8.95. The fourth-order valence-electron chi connectivity index (χ4n) is 2.13. The van der Waals surface area contributed by atoms with Crippen LogP contribution in [0.5, 0.6) is 0 Å². The quantitative estimate of drug-likeness (QED) is 0.845. The van der Waals surface area contributed by atoms with Crippen molar-refractivity contribution in [1.29, 1.82) is 0 Å². The van der Waals surface area contributed by atoms with E-state index in [1.807, 2.05) is 0 Å². The van der Waals surface area contributed by atoms with E-state index < -0.39 is 0 Å². The van der Waals surface area contributed by atoms with E-state index in [4.69, 9.17) is 5.11 Å². The molecule has 84 valence electrons. The number of rotatable bonds is 4. The van der Waals surface area contributed by atoms with Gasteiger partial charge in [0.1, 0.15) is 0 Å². The zero-order valence-corrected chi connectivity index (χ0v) is 9.96.